The fourth-order valence-electron chi connectivity index (χ4n) is 5.33. The van der Waals surface area contributed by atoms with Crippen LogP contribution < -0.4 is 5.32 Å². The minimum Gasteiger partial charge on any atom is -0.376 e. The van der Waals surface area contributed by atoms with Crippen molar-refractivity contribution in [3.8, 4) is 0 Å². The highest BCUT2D eigenvalue weighted by atomic mass is 35.5. The van der Waals surface area contributed by atoms with Crippen LogP contribution in [0.5, 0.6) is 0 Å². The Morgan fingerprint density at radius 3 is 2.57 bits per heavy atom. The van der Waals surface area contributed by atoms with Gasteiger partial charge in [-0.3, -0.25) is 19.3 Å². The molecule has 2 aromatic carbocycles. The van der Waals surface area contributed by atoms with Crippen LogP contribution in [-0.2, 0) is 14.3 Å². The van der Waals surface area contributed by atoms with Gasteiger partial charge in [0.25, 0.3) is 11.8 Å². The van der Waals surface area contributed by atoms with Crippen LogP contribution in [0.3, 0.4) is 0 Å². The van der Waals surface area contributed by atoms with Crippen molar-refractivity contribution in [1.29, 1.82) is 0 Å². The van der Waals surface area contributed by atoms with E-state index in [2.05, 4.69) is 5.32 Å². The third-order valence-electron chi connectivity index (χ3n) is 7.32. The standard InChI is InChI=1S/C27H29ClFN3O5/c28-22-9-2-1-8-21(22)26(35)31-12-10-27(11-13-31)32(25(34)18-5-3-6-19(29)15-18)23(17-37-27)24(33)30-16-20-7-4-14-36-20/h1-3,5-6,8-9,15,20,23H,4,7,10-14,16-17H2,(H,30,33)/t20-,23-/m1/s1. The second kappa shape index (κ2) is 10.8. The summed E-state index contributed by atoms with van der Waals surface area (Å²) in [5.41, 5.74) is -0.546. The Labute approximate surface area is 219 Å². The number of hydrogen-bond donors (Lipinski definition) is 1. The zero-order valence-corrected chi connectivity index (χ0v) is 21.1. The number of benzene rings is 2. The monoisotopic (exact) mass is 529 g/mol. The lowest BCUT2D eigenvalue weighted by atomic mass is 9.96. The van der Waals surface area contributed by atoms with Crippen LogP contribution in [0, 0.1) is 5.82 Å². The van der Waals surface area contributed by atoms with Crippen LogP contribution in [0.15, 0.2) is 48.5 Å². The van der Waals surface area contributed by atoms with E-state index in [0.717, 1.165) is 18.9 Å². The highest BCUT2D eigenvalue weighted by Gasteiger charge is 2.54. The molecule has 0 bridgehead atoms. The molecule has 3 saturated heterocycles. The molecule has 5 rings (SSSR count). The van der Waals surface area contributed by atoms with E-state index in [1.807, 2.05) is 0 Å². The molecule has 0 saturated carbocycles. The average molecular weight is 530 g/mol. The lowest BCUT2D eigenvalue weighted by Crippen LogP contribution is -2.60. The van der Waals surface area contributed by atoms with E-state index in [-0.39, 0.29) is 30.1 Å². The van der Waals surface area contributed by atoms with Gasteiger partial charge in [-0.25, -0.2) is 4.39 Å². The van der Waals surface area contributed by atoms with E-state index >= 15 is 0 Å². The van der Waals surface area contributed by atoms with E-state index in [4.69, 9.17) is 21.1 Å². The fraction of sp³-hybridized carbons (Fsp3) is 0.444. The van der Waals surface area contributed by atoms with Crippen molar-refractivity contribution >= 4 is 29.3 Å². The number of nitrogens with zero attached hydrogens (tertiary/aromatic N) is 2. The molecular weight excluding hydrogens is 501 g/mol. The Balaban J connectivity index is 1.36. The van der Waals surface area contributed by atoms with Crippen LogP contribution >= 0.6 is 11.6 Å². The first kappa shape index (κ1) is 25.6. The van der Waals surface area contributed by atoms with Crippen molar-refractivity contribution in [3.63, 3.8) is 0 Å². The first-order valence-corrected chi connectivity index (χ1v) is 12.9. The van der Waals surface area contributed by atoms with Gasteiger partial charge in [0, 0.05) is 44.6 Å². The second-order valence-corrected chi connectivity index (χ2v) is 10.0. The number of rotatable bonds is 5. The highest BCUT2D eigenvalue weighted by molar-refractivity contribution is 6.33. The molecule has 2 aromatic rings. The topological polar surface area (TPSA) is 88.2 Å². The molecule has 0 aromatic heterocycles. The predicted octanol–water partition coefficient (Wildman–Crippen LogP) is 3.25. The number of carbonyl (C=O) groups is 3. The number of carbonyl (C=O) groups excluding carboxylic acids is 3. The Morgan fingerprint density at radius 1 is 1.08 bits per heavy atom. The zero-order chi connectivity index (χ0) is 26.0. The SMILES string of the molecule is O=C(NC[C@H]1CCCO1)[C@H]1COC2(CCN(C(=O)c3ccccc3Cl)CC2)N1C(=O)c1cccc(F)c1. The molecule has 3 aliphatic rings. The van der Waals surface area contributed by atoms with Crippen LogP contribution in [0.2, 0.25) is 5.02 Å². The maximum atomic E-state index is 14.0. The largest absolute Gasteiger partial charge is 0.376 e. The summed E-state index contributed by atoms with van der Waals surface area (Å²) in [6.45, 7) is 1.65. The van der Waals surface area contributed by atoms with E-state index in [1.165, 1.54) is 23.1 Å². The third kappa shape index (κ3) is 5.21. The minimum atomic E-state index is -1.09. The maximum Gasteiger partial charge on any atom is 0.256 e. The van der Waals surface area contributed by atoms with E-state index in [1.54, 1.807) is 29.2 Å². The summed E-state index contributed by atoms with van der Waals surface area (Å²) in [4.78, 5) is 43.2. The number of hydrogen-bond acceptors (Lipinski definition) is 5. The number of amides is 3. The lowest BCUT2D eigenvalue weighted by molar-refractivity contribution is -0.128. The number of likely N-dealkylation sites (tertiary alicyclic amines) is 1. The summed E-state index contributed by atoms with van der Waals surface area (Å²) < 4.78 is 25.8. The van der Waals surface area contributed by atoms with Crippen molar-refractivity contribution in [2.75, 3.05) is 32.8 Å². The average Bonchev–Trinajstić information content (AvgIpc) is 3.56. The molecule has 10 heteroatoms. The van der Waals surface area contributed by atoms with Gasteiger partial charge in [0.05, 0.1) is 23.3 Å². The molecule has 1 N–H and O–H groups in total. The van der Waals surface area contributed by atoms with Crippen LogP contribution in [0.4, 0.5) is 4.39 Å². The number of ether oxygens (including phenoxy) is 2. The van der Waals surface area contributed by atoms with Crippen LogP contribution in [0.1, 0.15) is 46.4 Å². The van der Waals surface area contributed by atoms with Crippen molar-refractivity contribution in [2.45, 2.75) is 43.6 Å². The number of nitrogens with one attached hydrogen (secondary N) is 1. The summed E-state index contributed by atoms with van der Waals surface area (Å²) in [7, 11) is 0. The molecule has 3 aliphatic heterocycles. The summed E-state index contributed by atoms with van der Waals surface area (Å²) in [5, 5.41) is 3.27. The zero-order valence-electron chi connectivity index (χ0n) is 20.3. The lowest BCUT2D eigenvalue weighted by Gasteiger charge is -2.44. The van der Waals surface area contributed by atoms with Gasteiger partial charge in [-0.2, -0.15) is 0 Å². The molecule has 0 aliphatic carbocycles. The summed E-state index contributed by atoms with van der Waals surface area (Å²) in [6.07, 6.45) is 2.38. The third-order valence-corrected chi connectivity index (χ3v) is 7.65. The molecule has 8 nitrogen and oxygen atoms in total. The van der Waals surface area contributed by atoms with E-state index < -0.39 is 23.5 Å². The molecule has 3 amide bonds. The highest BCUT2D eigenvalue weighted by Crippen LogP contribution is 2.39. The maximum absolute atomic E-state index is 14.0. The molecular formula is C27H29ClFN3O5. The molecule has 1 spiro atoms. The molecule has 3 heterocycles. The van der Waals surface area contributed by atoms with Gasteiger partial charge in [0.1, 0.15) is 17.6 Å². The quantitative estimate of drug-likeness (QED) is 0.642. The van der Waals surface area contributed by atoms with Crippen molar-refractivity contribution in [3.05, 3.63) is 70.5 Å². The Hall–Kier alpha value is -3.01. The predicted molar refractivity (Wildman–Crippen MR) is 134 cm³/mol. The van der Waals surface area contributed by atoms with Crippen LogP contribution in [0.25, 0.3) is 0 Å². The molecule has 0 radical (unpaired) electrons. The van der Waals surface area contributed by atoms with Gasteiger partial charge in [0.2, 0.25) is 5.91 Å². The van der Waals surface area contributed by atoms with Crippen molar-refractivity contribution < 1.29 is 28.2 Å². The van der Waals surface area contributed by atoms with Gasteiger partial charge in [-0.15, -0.1) is 0 Å². The second-order valence-electron chi connectivity index (χ2n) is 9.61. The van der Waals surface area contributed by atoms with Gasteiger partial charge >= 0.3 is 0 Å². The Bertz CT molecular complexity index is 1180. The fourth-order valence-corrected chi connectivity index (χ4v) is 5.55. The van der Waals surface area contributed by atoms with Gasteiger partial charge in [0.15, 0.2) is 0 Å². The molecule has 0 unspecified atom stereocenters. The molecule has 3 fully saturated rings. The van der Waals surface area contributed by atoms with Crippen LogP contribution in [-0.4, -0.2) is 78.2 Å². The van der Waals surface area contributed by atoms with Gasteiger partial charge in [-0.05, 0) is 43.2 Å². The van der Waals surface area contributed by atoms with Crippen molar-refractivity contribution in [2.24, 2.45) is 0 Å². The molecule has 2 atom stereocenters. The smallest absolute Gasteiger partial charge is 0.256 e. The minimum absolute atomic E-state index is 0.0108. The first-order valence-electron chi connectivity index (χ1n) is 12.5. The van der Waals surface area contributed by atoms with Crippen molar-refractivity contribution in [1.82, 2.24) is 15.1 Å². The first-order chi connectivity index (χ1) is 17.9. The van der Waals surface area contributed by atoms with E-state index in [9.17, 15) is 18.8 Å². The van der Waals surface area contributed by atoms with Gasteiger partial charge < -0.3 is 19.7 Å². The molecule has 37 heavy (non-hydrogen) atoms. The van der Waals surface area contributed by atoms with E-state index in [0.29, 0.717) is 49.7 Å². The number of halogens is 2. The normalized spacial score (nSPS) is 22.9. The molecule has 196 valence electrons. The Morgan fingerprint density at radius 2 is 1.86 bits per heavy atom. The summed E-state index contributed by atoms with van der Waals surface area (Å²) in [5.74, 6) is -1.57. The summed E-state index contributed by atoms with van der Waals surface area (Å²) in [6, 6.07) is 11.4. The van der Waals surface area contributed by atoms with Gasteiger partial charge in [-0.1, -0.05) is 29.8 Å². The Kier molecular flexibility index (Phi) is 7.46. The number of piperidine rings is 1. The summed E-state index contributed by atoms with van der Waals surface area (Å²) >= 11 is 6.23.